The van der Waals surface area contributed by atoms with Gasteiger partial charge in [-0.2, -0.15) is 0 Å². The molecule has 0 aromatic carbocycles. The molecule has 1 rings (SSSR count). The summed E-state index contributed by atoms with van der Waals surface area (Å²) in [5, 5.41) is 0. The molecule has 0 spiro atoms. The van der Waals surface area contributed by atoms with E-state index in [9.17, 15) is 4.55 Å². The van der Waals surface area contributed by atoms with Gasteiger partial charge in [-0.05, 0) is 38.9 Å². The zero-order valence-corrected chi connectivity index (χ0v) is 9.70. The zero-order valence-electron chi connectivity index (χ0n) is 8.89. The van der Waals surface area contributed by atoms with Crippen LogP contribution in [0.3, 0.4) is 0 Å². The summed E-state index contributed by atoms with van der Waals surface area (Å²) in [4.78, 5) is 0. The molecule has 13 heavy (non-hydrogen) atoms. The third-order valence-electron chi connectivity index (χ3n) is 2.51. The van der Waals surface area contributed by atoms with Crippen molar-refractivity contribution in [1.82, 2.24) is 0 Å². The number of hydrogen-bond donors (Lipinski definition) is 2. The fourth-order valence-electron chi connectivity index (χ4n) is 2.53. The molecular weight excluding hydrogens is 184 g/mol. The summed E-state index contributed by atoms with van der Waals surface area (Å²) < 4.78 is 11.5. The monoisotopic (exact) mass is 204 g/mol. The molecule has 4 N–H and O–H groups in total. The molecule has 1 aliphatic rings. The van der Waals surface area contributed by atoms with Crippen LogP contribution in [-0.2, 0) is 11.2 Å². The van der Waals surface area contributed by atoms with Crippen molar-refractivity contribution in [1.29, 1.82) is 0 Å². The van der Waals surface area contributed by atoms with Crippen molar-refractivity contribution in [3.8, 4) is 0 Å². The predicted octanol–water partition coefficient (Wildman–Crippen LogP) is 0.700. The third kappa shape index (κ3) is 2.18. The van der Waals surface area contributed by atoms with E-state index in [2.05, 4.69) is 0 Å². The Labute approximate surface area is 83.4 Å². The molecule has 1 fully saturated rings. The van der Waals surface area contributed by atoms with Gasteiger partial charge in [0.1, 0.15) is 9.49 Å². The second-order valence-electron chi connectivity index (χ2n) is 5.37. The third-order valence-corrected chi connectivity index (χ3v) is 4.81. The highest BCUT2D eigenvalue weighted by atomic mass is 32.2. The lowest BCUT2D eigenvalue weighted by Crippen LogP contribution is -2.66. The number of rotatable bonds is 0. The second kappa shape index (κ2) is 2.86. The summed E-state index contributed by atoms with van der Waals surface area (Å²) in [5.74, 6) is 0. The van der Waals surface area contributed by atoms with Crippen molar-refractivity contribution >= 4 is 11.2 Å². The summed E-state index contributed by atoms with van der Waals surface area (Å²) in [5.41, 5.74) is 11.2. The van der Waals surface area contributed by atoms with E-state index in [1.54, 1.807) is 0 Å². The van der Waals surface area contributed by atoms with Crippen molar-refractivity contribution in [2.24, 2.45) is 11.5 Å². The van der Waals surface area contributed by atoms with Crippen molar-refractivity contribution in [2.45, 2.75) is 55.7 Å². The number of hydrogen-bond acceptors (Lipinski definition) is 3. The van der Waals surface area contributed by atoms with Crippen molar-refractivity contribution in [3.05, 3.63) is 0 Å². The summed E-state index contributed by atoms with van der Waals surface area (Å²) in [7, 11) is 0. The lowest BCUT2D eigenvalue weighted by molar-refractivity contribution is 0.274. The second-order valence-corrected chi connectivity index (χ2v) is 8.12. The van der Waals surface area contributed by atoms with Crippen LogP contribution in [0.5, 0.6) is 0 Å². The average molecular weight is 204 g/mol. The minimum Gasteiger partial charge on any atom is -0.616 e. The Morgan fingerprint density at radius 1 is 1.00 bits per heavy atom. The molecule has 0 amide bonds. The van der Waals surface area contributed by atoms with E-state index >= 15 is 0 Å². The Bertz CT molecular complexity index is 194. The molecule has 0 aromatic heterocycles. The maximum atomic E-state index is 12.1. The topological polar surface area (TPSA) is 75.1 Å². The van der Waals surface area contributed by atoms with Crippen LogP contribution in [0.2, 0.25) is 0 Å². The van der Waals surface area contributed by atoms with Crippen LogP contribution in [0.25, 0.3) is 0 Å². The molecule has 0 atom stereocenters. The molecule has 0 bridgehead atoms. The van der Waals surface area contributed by atoms with Crippen LogP contribution in [0.4, 0.5) is 0 Å². The van der Waals surface area contributed by atoms with Gasteiger partial charge >= 0.3 is 0 Å². The first-order chi connectivity index (χ1) is 5.57. The van der Waals surface area contributed by atoms with E-state index in [1.807, 2.05) is 27.7 Å². The summed E-state index contributed by atoms with van der Waals surface area (Å²) in [6.07, 6.45) is 1.24. The van der Waals surface area contributed by atoms with Gasteiger partial charge in [-0.1, -0.05) is 0 Å². The van der Waals surface area contributed by atoms with E-state index < -0.39 is 16.8 Å². The Balaban J connectivity index is 2.96. The first-order valence-corrected chi connectivity index (χ1v) is 5.72. The van der Waals surface area contributed by atoms with Gasteiger partial charge in [-0.15, -0.1) is 0 Å². The van der Waals surface area contributed by atoms with Crippen LogP contribution in [-0.4, -0.2) is 19.7 Å². The van der Waals surface area contributed by atoms with E-state index in [1.165, 1.54) is 0 Å². The zero-order chi connectivity index (χ0) is 10.5. The van der Waals surface area contributed by atoms with Gasteiger partial charge in [0.2, 0.25) is 0 Å². The molecule has 0 aliphatic carbocycles. The molecule has 4 heteroatoms. The molecule has 1 aliphatic heterocycles. The van der Waals surface area contributed by atoms with Gasteiger partial charge in [0.05, 0.1) is 5.66 Å². The predicted molar refractivity (Wildman–Crippen MR) is 56.6 cm³/mol. The minimum absolute atomic E-state index is 0.273. The lowest BCUT2D eigenvalue weighted by Gasteiger charge is -2.49. The molecule has 3 nitrogen and oxygen atoms in total. The maximum absolute atomic E-state index is 12.1. The van der Waals surface area contributed by atoms with Crippen molar-refractivity contribution in [2.75, 3.05) is 0 Å². The van der Waals surface area contributed by atoms with E-state index in [0.717, 1.165) is 0 Å². The minimum atomic E-state index is -0.867. The van der Waals surface area contributed by atoms with E-state index in [0.29, 0.717) is 12.8 Å². The molecule has 1 saturated heterocycles. The summed E-state index contributed by atoms with van der Waals surface area (Å²) in [6, 6.07) is 0. The largest absolute Gasteiger partial charge is 0.616 e. The van der Waals surface area contributed by atoms with Crippen LogP contribution in [0, 0.1) is 0 Å². The molecule has 0 unspecified atom stereocenters. The first-order valence-electron chi connectivity index (χ1n) is 4.57. The highest BCUT2D eigenvalue weighted by molar-refractivity contribution is 7.94. The highest BCUT2D eigenvalue weighted by Gasteiger charge is 2.54. The van der Waals surface area contributed by atoms with Crippen LogP contribution < -0.4 is 11.5 Å². The van der Waals surface area contributed by atoms with Gasteiger partial charge in [0.25, 0.3) is 0 Å². The van der Waals surface area contributed by atoms with Crippen LogP contribution in [0.1, 0.15) is 40.5 Å². The first kappa shape index (κ1) is 11.3. The maximum Gasteiger partial charge on any atom is 0.123 e. The van der Waals surface area contributed by atoms with Crippen molar-refractivity contribution in [3.63, 3.8) is 0 Å². The van der Waals surface area contributed by atoms with Crippen molar-refractivity contribution < 1.29 is 4.55 Å². The van der Waals surface area contributed by atoms with Gasteiger partial charge in [0.15, 0.2) is 0 Å². The van der Waals surface area contributed by atoms with E-state index in [-0.39, 0.29) is 9.49 Å². The molecule has 1 heterocycles. The molecule has 0 saturated carbocycles. The molecule has 0 radical (unpaired) electrons. The fraction of sp³-hybridized carbons (Fsp3) is 1.00. The SMILES string of the molecule is CC1(C)CC(N)(N)CC(C)(C)[S+]1[O-]. The molecule has 78 valence electrons. The number of nitrogens with two attached hydrogens (primary N) is 2. The Kier molecular flexibility index (Phi) is 2.49. The average Bonchev–Trinajstić information content (AvgIpc) is 1.77. The van der Waals surface area contributed by atoms with Gasteiger partial charge < -0.3 is 16.0 Å². The van der Waals surface area contributed by atoms with Gasteiger partial charge in [-0.3, -0.25) is 0 Å². The normalized spacial score (nSPS) is 31.6. The molecule has 0 aromatic rings. The Hall–Kier alpha value is 0.230. The fourth-order valence-corrected chi connectivity index (χ4v) is 4.82. The Morgan fingerprint density at radius 2 is 1.31 bits per heavy atom. The van der Waals surface area contributed by atoms with Crippen LogP contribution in [0.15, 0.2) is 0 Å². The van der Waals surface area contributed by atoms with Crippen LogP contribution >= 0.6 is 0 Å². The smallest absolute Gasteiger partial charge is 0.123 e. The quantitative estimate of drug-likeness (QED) is 0.450. The lowest BCUT2D eigenvalue weighted by atomic mass is 9.88. The molecular formula is C9H20N2OS. The van der Waals surface area contributed by atoms with Gasteiger partial charge in [0, 0.05) is 12.8 Å². The summed E-state index contributed by atoms with van der Waals surface area (Å²) >= 11 is -0.867. The standard InChI is InChI=1S/C9H20N2OS/c1-7(2)5-9(10,11)6-8(3,4)13(7)12/h5-6,10-11H2,1-4H3. The summed E-state index contributed by atoms with van der Waals surface area (Å²) in [6.45, 7) is 7.88. The van der Waals surface area contributed by atoms with E-state index in [4.69, 9.17) is 11.5 Å². The van der Waals surface area contributed by atoms with Gasteiger partial charge in [-0.25, -0.2) is 0 Å². The highest BCUT2D eigenvalue weighted by Crippen LogP contribution is 2.43. The Morgan fingerprint density at radius 3 is 1.62 bits per heavy atom.